The Hall–Kier alpha value is -1.37. The molecule has 2 rings (SSSR count). The van der Waals surface area contributed by atoms with Gasteiger partial charge >= 0.3 is 0 Å². The van der Waals surface area contributed by atoms with E-state index in [1.807, 2.05) is 20.0 Å². The van der Waals surface area contributed by atoms with Crippen LogP contribution in [-0.4, -0.2) is 4.98 Å². The minimum Gasteiger partial charge on any atom is -0.261 e. The summed E-state index contributed by atoms with van der Waals surface area (Å²) >= 11 is 0. The smallest absolute Gasteiger partial charge is 0.0451 e. The van der Waals surface area contributed by atoms with Crippen LogP contribution in [0.4, 0.5) is 0 Å². The number of allylic oxidation sites excluding steroid dienone is 2. The van der Waals surface area contributed by atoms with E-state index >= 15 is 0 Å². The van der Waals surface area contributed by atoms with Crippen molar-refractivity contribution in [2.45, 2.75) is 41.5 Å². The van der Waals surface area contributed by atoms with Crippen LogP contribution in [0.15, 0.2) is 18.3 Å². The Bertz CT molecular complexity index is 410. The Morgan fingerprint density at radius 3 is 2.06 bits per heavy atom. The Balaban J connectivity index is 0.000000686. The number of aryl methyl sites for hydroxylation is 2. The Kier molecular flexibility index (Phi) is 4.28. The fourth-order valence-electron chi connectivity index (χ4n) is 1.82. The van der Waals surface area contributed by atoms with Gasteiger partial charge in [0.1, 0.15) is 0 Å². The summed E-state index contributed by atoms with van der Waals surface area (Å²) in [6, 6.07) is 0. The van der Waals surface area contributed by atoms with Crippen LogP contribution in [-0.2, 0) is 0 Å². The topological polar surface area (TPSA) is 12.9 Å². The van der Waals surface area contributed by atoms with Crippen molar-refractivity contribution in [3.63, 3.8) is 0 Å². The third kappa shape index (κ3) is 3.06. The minimum atomic E-state index is 0.137. The van der Waals surface area contributed by atoms with Crippen molar-refractivity contribution in [3.05, 3.63) is 40.7 Å². The van der Waals surface area contributed by atoms with Crippen molar-refractivity contribution in [1.29, 1.82) is 0 Å². The molecular formula is C16H23N. The highest BCUT2D eigenvalue weighted by atomic mass is 14.7. The molecule has 0 aromatic carbocycles. The second-order valence-electron chi connectivity index (χ2n) is 4.84. The highest BCUT2D eigenvalue weighted by Crippen LogP contribution is 2.29. The van der Waals surface area contributed by atoms with Gasteiger partial charge in [-0.1, -0.05) is 52.0 Å². The van der Waals surface area contributed by atoms with E-state index in [9.17, 15) is 0 Å². The molecule has 1 aliphatic carbocycles. The highest BCUT2D eigenvalue weighted by Gasteiger charge is 2.14. The molecule has 0 atom stereocenters. The lowest BCUT2D eigenvalue weighted by Gasteiger charge is -2.12. The van der Waals surface area contributed by atoms with Gasteiger partial charge in [-0.2, -0.15) is 0 Å². The van der Waals surface area contributed by atoms with E-state index in [1.165, 1.54) is 16.7 Å². The van der Waals surface area contributed by atoms with Crippen molar-refractivity contribution < 1.29 is 0 Å². The van der Waals surface area contributed by atoms with Crippen LogP contribution in [0.5, 0.6) is 0 Å². The first-order chi connectivity index (χ1) is 7.99. The summed E-state index contributed by atoms with van der Waals surface area (Å²) in [6.45, 7) is 12.6. The maximum Gasteiger partial charge on any atom is 0.0451 e. The van der Waals surface area contributed by atoms with Crippen LogP contribution in [0, 0.1) is 19.3 Å². The zero-order valence-electron chi connectivity index (χ0n) is 11.8. The highest BCUT2D eigenvalue weighted by molar-refractivity contribution is 5.71. The molecule has 0 saturated carbocycles. The Morgan fingerprint density at radius 1 is 0.941 bits per heavy atom. The predicted molar refractivity (Wildman–Crippen MR) is 76.9 cm³/mol. The zero-order valence-corrected chi connectivity index (χ0v) is 11.8. The second-order valence-corrected chi connectivity index (χ2v) is 4.84. The fourth-order valence-corrected chi connectivity index (χ4v) is 1.82. The maximum absolute atomic E-state index is 4.40. The standard InChI is InChI=1S/C14H17N.C2H6/c1-10-9-15-11(2)13-6-8-14(3,4)7-5-12(10)13;1-2/h5-9H,1-4H3;1-2H3. The van der Waals surface area contributed by atoms with Gasteiger partial charge in [-0.15, -0.1) is 0 Å². The van der Waals surface area contributed by atoms with Gasteiger partial charge in [-0.05, 0) is 25.0 Å². The van der Waals surface area contributed by atoms with Crippen LogP contribution in [0.3, 0.4) is 0 Å². The number of aromatic nitrogens is 1. The number of rotatable bonds is 0. The largest absolute Gasteiger partial charge is 0.261 e. The summed E-state index contributed by atoms with van der Waals surface area (Å²) < 4.78 is 0. The molecule has 1 heteroatoms. The quantitative estimate of drug-likeness (QED) is 0.623. The van der Waals surface area contributed by atoms with Crippen molar-refractivity contribution in [2.75, 3.05) is 0 Å². The lowest BCUT2D eigenvalue weighted by Crippen LogP contribution is -2.00. The summed E-state index contributed by atoms with van der Waals surface area (Å²) in [7, 11) is 0. The van der Waals surface area contributed by atoms with Crippen LogP contribution in [0.1, 0.15) is 50.1 Å². The van der Waals surface area contributed by atoms with E-state index in [4.69, 9.17) is 0 Å². The molecule has 0 amide bonds. The van der Waals surface area contributed by atoms with Crippen LogP contribution >= 0.6 is 0 Å². The number of hydrogen-bond acceptors (Lipinski definition) is 1. The lowest BCUT2D eigenvalue weighted by atomic mass is 9.93. The number of pyridine rings is 1. The average molecular weight is 229 g/mol. The normalized spacial score (nSPS) is 15.6. The third-order valence-electron chi connectivity index (χ3n) is 2.92. The monoisotopic (exact) mass is 229 g/mol. The van der Waals surface area contributed by atoms with Gasteiger partial charge in [-0.3, -0.25) is 4.98 Å². The lowest BCUT2D eigenvalue weighted by molar-refractivity contribution is 0.633. The molecule has 1 nitrogen and oxygen atoms in total. The number of hydrogen-bond donors (Lipinski definition) is 0. The van der Waals surface area contributed by atoms with Crippen LogP contribution < -0.4 is 0 Å². The van der Waals surface area contributed by atoms with Crippen molar-refractivity contribution in [1.82, 2.24) is 4.98 Å². The van der Waals surface area contributed by atoms with E-state index in [1.54, 1.807) is 0 Å². The summed E-state index contributed by atoms with van der Waals surface area (Å²) in [5, 5.41) is 0. The Morgan fingerprint density at radius 2 is 1.47 bits per heavy atom. The summed E-state index contributed by atoms with van der Waals surface area (Å²) in [6.07, 6.45) is 10.9. The third-order valence-corrected chi connectivity index (χ3v) is 2.92. The second kappa shape index (κ2) is 5.31. The molecule has 0 saturated heterocycles. The van der Waals surface area contributed by atoms with Crippen LogP contribution in [0.2, 0.25) is 0 Å². The molecule has 1 aromatic rings. The molecule has 0 spiro atoms. The van der Waals surface area contributed by atoms with Gasteiger partial charge < -0.3 is 0 Å². The number of fused-ring (bicyclic) bond motifs is 1. The molecule has 1 heterocycles. The first-order valence-electron chi connectivity index (χ1n) is 6.34. The van der Waals surface area contributed by atoms with Crippen LogP contribution in [0.25, 0.3) is 12.2 Å². The van der Waals surface area contributed by atoms with Gasteiger partial charge in [0.15, 0.2) is 0 Å². The van der Waals surface area contributed by atoms with E-state index in [0.29, 0.717) is 0 Å². The van der Waals surface area contributed by atoms with Gasteiger partial charge in [0.05, 0.1) is 0 Å². The summed E-state index contributed by atoms with van der Waals surface area (Å²) in [5.41, 5.74) is 5.06. The molecule has 0 N–H and O–H groups in total. The van der Waals surface area contributed by atoms with E-state index in [0.717, 1.165) is 5.69 Å². The molecule has 0 fully saturated rings. The summed E-state index contributed by atoms with van der Waals surface area (Å²) in [5.74, 6) is 0. The summed E-state index contributed by atoms with van der Waals surface area (Å²) in [4.78, 5) is 4.40. The van der Waals surface area contributed by atoms with Crippen molar-refractivity contribution in [3.8, 4) is 0 Å². The van der Waals surface area contributed by atoms with E-state index in [-0.39, 0.29) is 5.41 Å². The predicted octanol–water partition coefficient (Wildman–Crippen LogP) is 4.79. The van der Waals surface area contributed by atoms with Gasteiger partial charge in [0.2, 0.25) is 0 Å². The molecule has 17 heavy (non-hydrogen) atoms. The first-order valence-corrected chi connectivity index (χ1v) is 6.34. The fraction of sp³-hybridized carbons (Fsp3) is 0.438. The van der Waals surface area contributed by atoms with E-state index in [2.05, 4.69) is 57.0 Å². The van der Waals surface area contributed by atoms with Crippen molar-refractivity contribution in [2.24, 2.45) is 5.41 Å². The van der Waals surface area contributed by atoms with Crippen molar-refractivity contribution >= 4 is 12.2 Å². The molecule has 1 aliphatic rings. The minimum absolute atomic E-state index is 0.137. The molecule has 92 valence electrons. The first kappa shape index (κ1) is 13.7. The molecule has 0 aliphatic heterocycles. The van der Waals surface area contributed by atoms with E-state index < -0.39 is 0 Å². The molecule has 0 bridgehead atoms. The van der Waals surface area contributed by atoms with Gasteiger partial charge in [-0.25, -0.2) is 0 Å². The molecule has 0 radical (unpaired) electrons. The SMILES string of the molecule is CC.Cc1cnc(C)c2c1C=CC(C)(C)C=C2. The molecule has 1 aromatic heterocycles. The maximum atomic E-state index is 4.40. The van der Waals surface area contributed by atoms with Gasteiger partial charge in [0, 0.05) is 22.9 Å². The van der Waals surface area contributed by atoms with Gasteiger partial charge in [0.25, 0.3) is 0 Å². The molecule has 0 unspecified atom stereocenters. The Labute approximate surface area is 105 Å². The zero-order chi connectivity index (χ0) is 13.1. The molecular weight excluding hydrogens is 206 g/mol. The average Bonchev–Trinajstić information content (AvgIpc) is 2.47. The number of nitrogens with zero attached hydrogens (tertiary/aromatic N) is 1.